The molecule has 1 saturated heterocycles. The van der Waals surface area contributed by atoms with Gasteiger partial charge in [0, 0.05) is 37.2 Å². The van der Waals surface area contributed by atoms with E-state index < -0.39 is 5.97 Å². The standard InChI is InChI=1S/C24H28N2O6.ClH/c1-14(2)31-21-5-3-4-20(23(21)24(28)29)30-13-16-10-18(12-25-16)32-17-8-6-15-7-9-22(27)26-19(15)11-17;/h3-6,8,11,14,16,18,25H,7,9-10,12-13H2,1-2H3,(H,26,27)(H,28,29);1H/t16-,18+;/m1./s1. The van der Waals surface area contributed by atoms with E-state index in [1.165, 1.54) is 0 Å². The number of amides is 1. The van der Waals surface area contributed by atoms with Gasteiger partial charge in [-0.05, 0) is 44.0 Å². The molecule has 1 fully saturated rings. The molecule has 2 aliphatic rings. The third-order valence-corrected chi connectivity index (χ3v) is 5.47. The Morgan fingerprint density at radius 2 is 1.97 bits per heavy atom. The first-order valence-electron chi connectivity index (χ1n) is 10.9. The minimum Gasteiger partial charge on any atom is -0.491 e. The minimum absolute atomic E-state index is 0. The molecule has 0 spiro atoms. The van der Waals surface area contributed by atoms with Crippen LogP contribution >= 0.6 is 12.4 Å². The SMILES string of the molecule is CC(C)Oc1cccc(OC[C@H]2C[C@H](Oc3ccc4c(c3)NC(=O)CC4)CN2)c1C(=O)O.Cl. The fraction of sp³-hybridized carbons (Fsp3) is 0.417. The summed E-state index contributed by atoms with van der Waals surface area (Å²) in [5.74, 6) is 0.234. The number of halogens is 1. The summed E-state index contributed by atoms with van der Waals surface area (Å²) in [5.41, 5.74) is 1.96. The van der Waals surface area contributed by atoms with Gasteiger partial charge in [-0.1, -0.05) is 12.1 Å². The number of ether oxygens (including phenoxy) is 3. The van der Waals surface area contributed by atoms with Crippen LogP contribution in [-0.4, -0.2) is 48.4 Å². The van der Waals surface area contributed by atoms with Crippen molar-refractivity contribution < 1.29 is 28.9 Å². The molecular formula is C24H29ClN2O6. The van der Waals surface area contributed by atoms with E-state index in [1.807, 2.05) is 32.0 Å². The summed E-state index contributed by atoms with van der Waals surface area (Å²) in [7, 11) is 0. The molecule has 4 rings (SSSR count). The fourth-order valence-corrected chi connectivity index (χ4v) is 4.00. The van der Waals surface area contributed by atoms with Gasteiger partial charge in [0.2, 0.25) is 5.91 Å². The Hall–Kier alpha value is -2.97. The molecule has 2 aromatic carbocycles. The third kappa shape index (κ3) is 6.09. The molecule has 1 amide bonds. The molecule has 0 unspecified atom stereocenters. The zero-order valence-corrected chi connectivity index (χ0v) is 19.4. The Morgan fingerprint density at radius 1 is 1.18 bits per heavy atom. The van der Waals surface area contributed by atoms with Crippen LogP contribution in [0.15, 0.2) is 36.4 Å². The Balaban J connectivity index is 0.00000306. The van der Waals surface area contributed by atoms with Crippen molar-refractivity contribution in [1.29, 1.82) is 0 Å². The van der Waals surface area contributed by atoms with E-state index in [0.717, 1.165) is 17.7 Å². The number of hydrogen-bond donors (Lipinski definition) is 3. The Bertz CT molecular complexity index is 1010. The van der Waals surface area contributed by atoms with Crippen molar-refractivity contribution in [2.75, 3.05) is 18.5 Å². The highest BCUT2D eigenvalue weighted by atomic mass is 35.5. The average Bonchev–Trinajstić information content (AvgIpc) is 3.18. The lowest BCUT2D eigenvalue weighted by Gasteiger charge is -2.19. The van der Waals surface area contributed by atoms with Crippen LogP contribution in [0.3, 0.4) is 0 Å². The minimum atomic E-state index is -1.09. The van der Waals surface area contributed by atoms with Gasteiger partial charge in [0.05, 0.1) is 6.10 Å². The maximum absolute atomic E-state index is 11.8. The zero-order valence-electron chi connectivity index (χ0n) is 18.6. The molecule has 0 saturated carbocycles. The quantitative estimate of drug-likeness (QED) is 0.533. The van der Waals surface area contributed by atoms with Gasteiger partial charge < -0.3 is 30.0 Å². The normalized spacial score (nSPS) is 19.3. The van der Waals surface area contributed by atoms with Gasteiger partial charge in [-0.3, -0.25) is 4.79 Å². The molecule has 0 aliphatic carbocycles. The van der Waals surface area contributed by atoms with Gasteiger partial charge in [0.15, 0.2) is 0 Å². The van der Waals surface area contributed by atoms with Gasteiger partial charge in [0.1, 0.15) is 35.5 Å². The maximum atomic E-state index is 11.8. The largest absolute Gasteiger partial charge is 0.491 e. The number of carbonyl (C=O) groups is 2. The van der Waals surface area contributed by atoms with Crippen LogP contribution in [-0.2, 0) is 11.2 Å². The Labute approximate surface area is 199 Å². The third-order valence-electron chi connectivity index (χ3n) is 5.47. The number of carbonyl (C=O) groups excluding carboxylic acids is 1. The second-order valence-corrected chi connectivity index (χ2v) is 8.36. The van der Waals surface area contributed by atoms with E-state index in [2.05, 4.69) is 10.6 Å². The maximum Gasteiger partial charge on any atom is 0.343 e. The summed E-state index contributed by atoms with van der Waals surface area (Å²) in [6.45, 7) is 4.65. The molecule has 0 bridgehead atoms. The number of aromatic carboxylic acids is 1. The van der Waals surface area contributed by atoms with Crippen LogP contribution in [0.1, 0.15) is 42.6 Å². The molecule has 2 heterocycles. The first kappa shape index (κ1) is 24.7. The van der Waals surface area contributed by atoms with E-state index in [0.29, 0.717) is 37.5 Å². The van der Waals surface area contributed by atoms with Gasteiger partial charge in [-0.2, -0.15) is 0 Å². The highest BCUT2D eigenvalue weighted by Gasteiger charge is 2.28. The van der Waals surface area contributed by atoms with Crippen molar-refractivity contribution in [3.05, 3.63) is 47.5 Å². The lowest BCUT2D eigenvalue weighted by Crippen LogP contribution is -2.28. The Kier molecular flexibility index (Phi) is 8.05. The molecule has 2 aromatic rings. The van der Waals surface area contributed by atoms with E-state index >= 15 is 0 Å². The van der Waals surface area contributed by atoms with Crippen LogP contribution in [0.25, 0.3) is 0 Å². The predicted octanol–water partition coefficient (Wildman–Crippen LogP) is 3.67. The smallest absolute Gasteiger partial charge is 0.343 e. The molecule has 2 atom stereocenters. The van der Waals surface area contributed by atoms with Gasteiger partial charge in [-0.15, -0.1) is 12.4 Å². The first-order chi connectivity index (χ1) is 15.4. The number of rotatable bonds is 8. The van der Waals surface area contributed by atoms with Crippen LogP contribution in [0, 0.1) is 0 Å². The van der Waals surface area contributed by atoms with Gasteiger partial charge in [-0.25, -0.2) is 4.79 Å². The molecule has 2 aliphatic heterocycles. The summed E-state index contributed by atoms with van der Waals surface area (Å²) in [5, 5.41) is 15.9. The fourth-order valence-electron chi connectivity index (χ4n) is 4.00. The number of carboxylic acid groups (broad SMARTS) is 1. The number of nitrogens with one attached hydrogen (secondary N) is 2. The highest BCUT2D eigenvalue weighted by Crippen LogP contribution is 2.31. The van der Waals surface area contributed by atoms with Crippen molar-refractivity contribution in [1.82, 2.24) is 5.32 Å². The van der Waals surface area contributed by atoms with E-state index in [1.54, 1.807) is 18.2 Å². The van der Waals surface area contributed by atoms with Gasteiger partial charge in [0.25, 0.3) is 0 Å². The van der Waals surface area contributed by atoms with Crippen molar-refractivity contribution in [2.24, 2.45) is 0 Å². The van der Waals surface area contributed by atoms with Crippen molar-refractivity contribution in [3.8, 4) is 17.2 Å². The molecule has 9 heteroatoms. The second kappa shape index (κ2) is 10.8. The summed E-state index contributed by atoms with van der Waals surface area (Å²) in [4.78, 5) is 23.4. The summed E-state index contributed by atoms with van der Waals surface area (Å²) in [6.07, 6.45) is 1.78. The highest BCUT2D eigenvalue weighted by molar-refractivity contribution is 5.94. The molecule has 178 valence electrons. The van der Waals surface area contributed by atoms with E-state index in [-0.39, 0.29) is 47.9 Å². The number of fused-ring (bicyclic) bond motifs is 1. The van der Waals surface area contributed by atoms with Crippen molar-refractivity contribution >= 4 is 30.0 Å². The predicted molar refractivity (Wildman–Crippen MR) is 126 cm³/mol. The summed E-state index contributed by atoms with van der Waals surface area (Å²) >= 11 is 0. The number of anilines is 1. The van der Waals surface area contributed by atoms with E-state index in [9.17, 15) is 14.7 Å². The van der Waals surface area contributed by atoms with Crippen LogP contribution < -0.4 is 24.8 Å². The molecular weight excluding hydrogens is 448 g/mol. The monoisotopic (exact) mass is 476 g/mol. The molecule has 33 heavy (non-hydrogen) atoms. The Morgan fingerprint density at radius 3 is 2.73 bits per heavy atom. The summed E-state index contributed by atoms with van der Waals surface area (Å²) in [6, 6.07) is 10.8. The summed E-state index contributed by atoms with van der Waals surface area (Å²) < 4.78 is 17.6. The van der Waals surface area contributed by atoms with E-state index in [4.69, 9.17) is 14.2 Å². The van der Waals surface area contributed by atoms with Gasteiger partial charge >= 0.3 is 5.97 Å². The van der Waals surface area contributed by atoms with Crippen LogP contribution in [0.2, 0.25) is 0 Å². The molecule has 0 radical (unpaired) electrons. The molecule has 8 nitrogen and oxygen atoms in total. The number of hydrogen-bond acceptors (Lipinski definition) is 6. The zero-order chi connectivity index (χ0) is 22.7. The number of benzene rings is 2. The molecule has 3 N–H and O–H groups in total. The molecule has 0 aromatic heterocycles. The topological polar surface area (TPSA) is 106 Å². The number of carboxylic acids is 1. The second-order valence-electron chi connectivity index (χ2n) is 8.36. The lowest BCUT2D eigenvalue weighted by atomic mass is 10.0. The van der Waals surface area contributed by atoms with Crippen molar-refractivity contribution in [2.45, 2.75) is 51.4 Å². The first-order valence-corrected chi connectivity index (χ1v) is 10.9. The van der Waals surface area contributed by atoms with Crippen LogP contribution in [0.4, 0.5) is 5.69 Å². The van der Waals surface area contributed by atoms with Crippen LogP contribution in [0.5, 0.6) is 17.2 Å². The number of aryl methyl sites for hydroxylation is 1. The van der Waals surface area contributed by atoms with Crippen molar-refractivity contribution in [3.63, 3.8) is 0 Å². The average molecular weight is 477 g/mol. The lowest BCUT2D eigenvalue weighted by molar-refractivity contribution is -0.116.